The molecule has 0 spiro atoms. The Balaban J connectivity index is 2.09. The number of amides is 2. The van der Waals surface area contributed by atoms with Crippen LogP contribution in [0.25, 0.3) is 0 Å². The van der Waals surface area contributed by atoms with Crippen LogP contribution in [0.4, 0.5) is 0 Å². The lowest BCUT2D eigenvalue weighted by Crippen LogP contribution is -2.35. The molecule has 0 unspecified atom stereocenters. The summed E-state index contributed by atoms with van der Waals surface area (Å²) in [5.41, 5.74) is 0. The van der Waals surface area contributed by atoms with Crippen LogP contribution in [0.3, 0.4) is 0 Å². The van der Waals surface area contributed by atoms with E-state index in [0.29, 0.717) is 19.5 Å². The summed E-state index contributed by atoms with van der Waals surface area (Å²) in [6.45, 7) is 0.828. The lowest BCUT2D eigenvalue weighted by Gasteiger charge is -2.05. The number of carbonyl (C=O) groups is 2. The maximum atomic E-state index is 11.4. The fourth-order valence-electron chi connectivity index (χ4n) is 1.08. The summed E-state index contributed by atoms with van der Waals surface area (Å²) in [4.78, 5) is 23.2. The molecule has 2 N–H and O–H groups in total. The fraction of sp³-hybridized carbons (Fsp3) is 0.400. The Kier molecular flexibility index (Phi) is 5.88. The van der Waals surface area contributed by atoms with Gasteiger partial charge in [0.05, 0.1) is 6.42 Å². The highest BCUT2D eigenvalue weighted by molar-refractivity contribution is 7.10. The first-order valence-corrected chi connectivity index (χ1v) is 6.25. The smallest absolute Gasteiger partial charge is 0.234 e. The summed E-state index contributed by atoms with van der Waals surface area (Å²) in [6.07, 6.45) is 0.390. The van der Waals surface area contributed by atoms with Gasteiger partial charge in [-0.2, -0.15) is 0 Å². The van der Waals surface area contributed by atoms with Crippen LogP contribution in [0.1, 0.15) is 4.88 Å². The zero-order valence-electron chi connectivity index (χ0n) is 8.66. The second-order valence-electron chi connectivity index (χ2n) is 3.09. The lowest BCUT2D eigenvalue weighted by molar-refractivity contribution is -0.121. The van der Waals surface area contributed by atoms with E-state index in [-0.39, 0.29) is 17.7 Å². The summed E-state index contributed by atoms with van der Waals surface area (Å²) in [5, 5.41) is 7.21. The van der Waals surface area contributed by atoms with Gasteiger partial charge in [0.25, 0.3) is 0 Å². The normalized spacial score (nSPS) is 9.81. The molecule has 88 valence electrons. The van der Waals surface area contributed by atoms with E-state index in [0.717, 1.165) is 4.88 Å². The summed E-state index contributed by atoms with van der Waals surface area (Å²) >= 11 is 6.84. The van der Waals surface area contributed by atoms with Crippen LogP contribution in [0.5, 0.6) is 0 Å². The van der Waals surface area contributed by atoms with Crippen molar-refractivity contribution in [3.63, 3.8) is 0 Å². The van der Waals surface area contributed by atoms with E-state index >= 15 is 0 Å². The van der Waals surface area contributed by atoms with Crippen molar-refractivity contribution in [2.75, 3.05) is 19.0 Å². The van der Waals surface area contributed by atoms with Gasteiger partial charge >= 0.3 is 0 Å². The van der Waals surface area contributed by atoms with E-state index in [1.54, 1.807) is 11.3 Å². The van der Waals surface area contributed by atoms with Crippen molar-refractivity contribution in [1.29, 1.82) is 0 Å². The monoisotopic (exact) mass is 260 g/mol. The standard InChI is InChI=1S/C10H13ClN2O2S/c11-7-10(15)13-4-3-12-9(14)6-8-2-1-5-16-8/h1-2,5H,3-4,6-7H2,(H,12,14)(H,13,15). The highest BCUT2D eigenvalue weighted by atomic mass is 35.5. The number of carbonyl (C=O) groups excluding carboxylic acids is 2. The van der Waals surface area contributed by atoms with Crippen LogP contribution in [0.15, 0.2) is 17.5 Å². The molecule has 0 bridgehead atoms. The minimum Gasteiger partial charge on any atom is -0.354 e. The Morgan fingerprint density at radius 2 is 1.94 bits per heavy atom. The van der Waals surface area contributed by atoms with Gasteiger partial charge in [-0.15, -0.1) is 22.9 Å². The highest BCUT2D eigenvalue weighted by Crippen LogP contribution is 2.08. The number of thiophene rings is 1. The van der Waals surface area contributed by atoms with E-state index in [1.165, 1.54) is 0 Å². The van der Waals surface area contributed by atoms with Crippen molar-refractivity contribution in [2.24, 2.45) is 0 Å². The minimum absolute atomic E-state index is 0.0393. The molecular formula is C10H13ClN2O2S. The van der Waals surface area contributed by atoms with Gasteiger partial charge in [-0.05, 0) is 11.4 Å². The minimum atomic E-state index is -0.228. The molecule has 0 radical (unpaired) electrons. The predicted molar refractivity (Wildman–Crippen MR) is 64.8 cm³/mol. The van der Waals surface area contributed by atoms with Crippen molar-refractivity contribution in [3.8, 4) is 0 Å². The van der Waals surface area contributed by atoms with Gasteiger partial charge in [-0.1, -0.05) is 6.07 Å². The topological polar surface area (TPSA) is 58.2 Å². The van der Waals surface area contributed by atoms with Crippen molar-refractivity contribution in [2.45, 2.75) is 6.42 Å². The second-order valence-corrected chi connectivity index (χ2v) is 4.39. The Morgan fingerprint density at radius 3 is 2.50 bits per heavy atom. The molecule has 4 nitrogen and oxygen atoms in total. The fourth-order valence-corrected chi connectivity index (χ4v) is 1.88. The Bertz CT molecular complexity index is 341. The van der Waals surface area contributed by atoms with Crippen LogP contribution in [-0.4, -0.2) is 30.8 Å². The molecule has 0 aromatic carbocycles. The third-order valence-electron chi connectivity index (χ3n) is 1.81. The van der Waals surface area contributed by atoms with Crippen molar-refractivity contribution in [3.05, 3.63) is 22.4 Å². The average Bonchev–Trinajstić information content (AvgIpc) is 2.76. The maximum absolute atomic E-state index is 11.4. The first kappa shape index (κ1) is 13.0. The van der Waals surface area contributed by atoms with Gasteiger partial charge in [0.15, 0.2) is 0 Å². The molecular weight excluding hydrogens is 248 g/mol. The van der Waals surface area contributed by atoms with Gasteiger partial charge in [0, 0.05) is 18.0 Å². The second kappa shape index (κ2) is 7.24. The number of hydrogen-bond acceptors (Lipinski definition) is 3. The van der Waals surface area contributed by atoms with Crippen molar-refractivity contribution in [1.82, 2.24) is 10.6 Å². The van der Waals surface area contributed by atoms with Gasteiger partial charge in [0.2, 0.25) is 11.8 Å². The van der Waals surface area contributed by atoms with Crippen molar-refractivity contribution >= 4 is 34.8 Å². The number of rotatable bonds is 6. The van der Waals surface area contributed by atoms with Crippen LogP contribution in [-0.2, 0) is 16.0 Å². The van der Waals surface area contributed by atoms with Crippen LogP contribution in [0.2, 0.25) is 0 Å². The third-order valence-corrected chi connectivity index (χ3v) is 2.92. The van der Waals surface area contributed by atoms with Gasteiger partial charge in [-0.3, -0.25) is 9.59 Å². The summed E-state index contributed by atoms with van der Waals surface area (Å²) in [5.74, 6) is -0.319. The van der Waals surface area contributed by atoms with E-state index in [4.69, 9.17) is 11.6 Å². The lowest BCUT2D eigenvalue weighted by atomic mass is 10.3. The van der Waals surface area contributed by atoms with Gasteiger partial charge in [-0.25, -0.2) is 0 Å². The van der Waals surface area contributed by atoms with E-state index in [1.807, 2.05) is 17.5 Å². The average molecular weight is 261 g/mol. The quantitative estimate of drug-likeness (QED) is 0.586. The van der Waals surface area contributed by atoms with Gasteiger partial charge in [0.1, 0.15) is 5.88 Å². The molecule has 1 aromatic heterocycles. The molecule has 0 atom stereocenters. The van der Waals surface area contributed by atoms with Crippen LogP contribution in [0, 0.1) is 0 Å². The molecule has 1 aromatic rings. The van der Waals surface area contributed by atoms with E-state index in [9.17, 15) is 9.59 Å². The molecule has 0 aliphatic rings. The highest BCUT2D eigenvalue weighted by Gasteiger charge is 2.03. The summed E-state index contributed by atoms with van der Waals surface area (Å²) in [7, 11) is 0. The van der Waals surface area contributed by atoms with Crippen LogP contribution < -0.4 is 10.6 Å². The molecule has 1 heterocycles. The van der Waals surface area contributed by atoms with Crippen molar-refractivity contribution < 1.29 is 9.59 Å². The zero-order chi connectivity index (χ0) is 11.8. The maximum Gasteiger partial charge on any atom is 0.234 e. The first-order valence-electron chi connectivity index (χ1n) is 4.84. The molecule has 2 amide bonds. The SMILES string of the molecule is O=C(CCl)NCCNC(=O)Cc1cccs1. The zero-order valence-corrected chi connectivity index (χ0v) is 10.2. The molecule has 0 saturated carbocycles. The molecule has 0 fully saturated rings. The summed E-state index contributed by atoms with van der Waals surface area (Å²) in [6, 6.07) is 3.83. The molecule has 0 aliphatic carbocycles. The number of nitrogens with one attached hydrogen (secondary N) is 2. The molecule has 6 heteroatoms. The van der Waals surface area contributed by atoms with Crippen LogP contribution >= 0.6 is 22.9 Å². The Labute approximate surface area is 103 Å². The van der Waals surface area contributed by atoms with Gasteiger partial charge < -0.3 is 10.6 Å². The van der Waals surface area contributed by atoms with E-state index < -0.39 is 0 Å². The molecule has 16 heavy (non-hydrogen) atoms. The summed E-state index contributed by atoms with van der Waals surface area (Å²) < 4.78 is 0. The number of alkyl halides is 1. The number of halogens is 1. The largest absolute Gasteiger partial charge is 0.354 e. The first-order chi connectivity index (χ1) is 7.72. The Hall–Kier alpha value is -1.07. The Morgan fingerprint density at radius 1 is 1.25 bits per heavy atom. The third kappa shape index (κ3) is 5.14. The van der Waals surface area contributed by atoms with E-state index in [2.05, 4.69) is 10.6 Å². The predicted octanol–water partition coefficient (Wildman–Crippen LogP) is 0.762. The molecule has 0 aliphatic heterocycles. The molecule has 1 rings (SSSR count). The number of hydrogen-bond donors (Lipinski definition) is 2. The molecule has 0 saturated heterocycles.